The van der Waals surface area contributed by atoms with Crippen molar-refractivity contribution in [2.24, 2.45) is 7.05 Å². The van der Waals surface area contributed by atoms with Crippen molar-refractivity contribution in [3.63, 3.8) is 0 Å². The highest BCUT2D eigenvalue weighted by atomic mass is 16.2. The summed E-state index contributed by atoms with van der Waals surface area (Å²) in [4.78, 5) is 16.5. The first-order chi connectivity index (χ1) is 12.5. The van der Waals surface area contributed by atoms with Gasteiger partial charge in [-0.25, -0.2) is 4.79 Å². The molecule has 26 heavy (non-hydrogen) atoms. The van der Waals surface area contributed by atoms with Crippen LogP contribution in [0.15, 0.2) is 55.0 Å². The summed E-state index contributed by atoms with van der Waals surface area (Å²) in [6, 6.07) is 11.5. The number of rotatable bonds is 5. The van der Waals surface area contributed by atoms with Crippen molar-refractivity contribution in [1.29, 1.82) is 0 Å². The SMILES string of the molecule is CC(C)c1ccc(NC(=O)NCc2ccc(-c3cnn(C)c3)nc2)cc1. The van der Waals surface area contributed by atoms with Crippen LogP contribution in [0.5, 0.6) is 0 Å². The number of benzene rings is 1. The van der Waals surface area contributed by atoms with Gasteiger partial charge in [0.1, 0.15) is 0 Å². The van der Waals surface area contributed by atoms with Crippen LogP contribution in [0, 0.1) is 0 Å². The van der Waals surface area contributed by atoms with Gasteiger partial charge in [0.25, 0.3) is 0 Å². The minimum atomic E-state index is -0.237. The average molecular weight is 349 g/mol. The van der Waals surface area contributed by atoms with Gasteiger partial charge in [0.15, 0.2) is 0 Å². The summed E-state index contributed by atoms with van der Waals surface area (Å²) >= 11 is 0. The molecule has 3 rings (SSSR count). The number of amides is 2. The van der Waals surface area contributed by atoms with E-state index in [1.165, 1.54) is 5.56 Å². The number of aromatic nitrogens is 3. The Hall–Kier alpha value is -3.15. The quantitative estimate of drug-likeness (QED) is 0.733. The molecule has 0 atom stereocenters. The summed E-state index contributed by atoms with van der Waals surface area (Å²) in [5.41, 5.74) is 4.78. The van der Waals surface area contributed by atoms with Gasteiger partial charge in [-0.2, -0.15) is 5.10 Å². The van der Waals surface area contributed by atoms with Crippen molar-refractivity contribution in [2.45, 2.75) is 26.3 Å². The standard InChI is InChI=1S/C20H23N5O/c1-14(2)16-5-7-18(8-6-16)24-20(26)22-11-15-4-9-19(21-10-15)17-12-23-25(3)13-17/h4-10,12-14H,11H2,1-3H3,(H2,22,24,26). The Kier molecular flexibility index (Phi) is 5.31. The van der Waals surface area contributed by atoms with Gasteiger partial charge in [-0.1, -0.05) is 32.0 Å². The first-order valence-corrected chi connectivity index (χ1v) is 8.60. The summed E-state index contributed by atoms with van der Waals surface area (Å²) in [6.07, 6.45) is 5.45. The van der Waals surface area contributed by atoms with E-state index < -0.39 is 0 Å². The molecule has 0 unspecified atom stereocenters. The normalized spacial score (nSPS) is 10.8. The molecule has 0 saturated carbocycles. The molecule has 0 spiro atoms. The molecular formula is C20H23N5O. The maximum absolute atomic E-state index is 12.0. The predicted molar refractivity (Wildman–Crippen MR) is 103 cm³/mol. The molecule has 0 aliphatic rings. The fraction of sp³-hybridized carbons (Fsp3) is 0.250. The minimum absolute atomic E-state index is 0.237. The summed E-state index contributed by atoms with van der Waals surface area (Å²) in [5.74, 6) is 0.472. The van der Waals surface area contributed by atoms with Crippen LogP contribution in [0.1, 0.15) is 30.9 Å². The zero-order valence-corrected chi connectivity index (χ0v) is 15.2. The van der Waals surface area contributed by atoms with E-state index in [2.05, 4.69) is 34.6 Å². The number of carbonyl (C=O) groups excluding carboxylic acids is 1. The van der Waals surface area contributed by atoms with Crippen molar-refractivity contribution in [3.05, 3.63) is 66.1 Å². The van der Waals surface area contributed by atoms with E-state index in [-0.39, 0.29) is 6.03 Å². The van der Waals surface area contributed by atoms with Crippen LogP contribution >= 0.6 is 0 Å². The van der Waals surface area contributed by atoms with Gasteiger partial charge < -0.3 is 10.6 Å². The highest BCUT2D eigenvalue weighted by molar-refractivity contribution is 5.89. The van der Waals surface area contributed by atoms with E-state index in [1.54, 1.807) is 17.1 Å². The molecule has 6 nitrogen and oxygen atoms in total. The topological polar surface area (TPSA) is 71.8 Å². The van der Waals surface area contributed by atoms with Gasteiger partial charge in [0, 0.05) is 37.2 Å². The van der Waals surface area contributed by atoms with Gasteiger partial charge in [-0.3, -0.25) is 9.67 Å². The number of nitrogens with zero attached hydrogens (tertiary/aromatic N) is 3. The lowest BCUT2D eigenvalue weighted by atomic mass is 10.0. The second kappa shape index (κ2) is 7.82. The van der Waals surface area contributed by atoms with Crippen LogP contribution < -0.4 is 10.6 Å². The Bertz CT molecular complexity index is 866. The molecule has 2 aromatic heterocycles. The molecule has 3 aromatic rings. The number of carbonyl (C=O) groups is 1. The van der Waals surface area contributed by atoms with Crippen LogP contribution in [0.2, 0.25) is 0 Å². The van der Waals surface area contributed by atoms with E-state index in [9.17, 15) is 4.79 Å². The largest absolute Gasteiger partial charge is 0.334 e. The molecule has 1 aromatic carbocycles. The van der Waals surface area contributed by atoms with Crippen molar-refractivity contribution in [1.82, 2.24) is 20.1 Å². The van der Waals surface area contributed by atoms with Gasteiger partial charge in [-0.05, 0) is 35.2 Å². The third-order valence-electron chi connectivity index (χ3n) is 4.11. The highest BCUT2D eigenvalue weighted by Gasteiger charge is 2.05. The van der Waals surface area contributed by atoms with Crippen molar-refractivity contribution in [3.8, 4) is 11.3 Å². The van der Waals surface area contributed by atoms with E-state index >= 15 is 0 Å². The number of aryl methyl sites for hydroxylation is 1. The summed E-state index contributed by atoms with van der Waals surface area (Å²) in [5, 5.41) is 9.82. The Morgan fingerprint density at radius 2 is 1.88 bits per heavy atom. The molecule has 2 heterocycles. The van der Waals surface area contributed by atoms with Crippen LogP contribution in [-0.4, -0.2) is 20.8 Å². The molecule has 0 radical (unpaired) electrons. The molecule has 0 aliphatic carbocycles. The lowest BCUT2D eigenvalue weighted by Gasteiger charge is -2.10. The van der Waals surface area contributed by atoms with Gasteiger partial charge in [-0.15, -0.1) is 0 Å². The second-order valence-corrected chi connectivity index (χ2v) is 6.54. The smallest absolute Gasteiger partial charge is 0.319 e. The average Bonchev–Trinajstić information content (AvgIpc) is 3.07. The first kappa shape index (κ1) is 17.7. The zero-order chi connectivity index (χ0) is 18.5. The van der Waals surface area contributed by atoms with Crippen molar-refractivity contribution < 1.29 is 4.79 Å². The molecule has 0 saturated heterocycles. The van der Waals surface area contributed by atoms with E-state index in [0.717, 1.165) is 22.5 Å². The van der Waals surface area contributed by atoms with Crippen molar-refractivity contribution in [2.75, 3.05) is 5.32 Å². The Morgan fingerprint density at radius 1 is 1.12 bits per heavy atom. The molecule has 0 aliphatic heterocycles. The Morgan fingerprint density at radius 3 is 2.46 bits per heavy atom. The third-order valence-corrected chi connectivity index (χ3v) is 4.11. The predicted octanol–water partition coefficient (Wildman–Crippen LogP) is 3.93. The zero-order valence-electron chi connectivity index (χ0n) is 15.2. The van der Waals surface area contributed by atoms with Gasteiger partial charge in [0.05, 0.1) is 11.9 Å². The first-order valence-electron chi connectivity index (χ1n) is 8.60. The molecule has 134 valence electrons. The molecule has 2 amide bonds. The molecule has 0 bridgehead atoms. The van der Waals surface area contributed by atoms with Gasteiger partial charge >= 0.3 is 6.03 Å². The maximum Gasteiger partial charge on any atom is 0.319 e. The Labute approximate surface area is 153 Å². The molecule has 6 heteroatoms. The lowest BCUT2D eigenvalue weighted by molar-refractivity contribution is 0.251. The Balaban J connectivity index is 1.52. The summed E-state index contributed by atoms with van der Waals surface area (Å²) < 4.78 is 1.74. The third kappa shape index (κ3) is 4.47. The van der Waals surface area contributed by atoms with Crippen LogP contribution in [0.3, 0.4) is 0 Å². The number of hydrogen-bond donors (Lipinski definition) is 2. The number of hydrogen-bond acceptors (Lipinski definition) is 3. The molecule has 0 fully saturated rings. The number of pyridine rings is 1. The maximum atomic E-state index is 12.0. The number of anilines is 1. The van der Waals surface area contributed by atoms with Crippen LogP contribution in [-0.2, 0) is 13.6 Å². The minimum Gasteiger partial charge on any atom is -0.334 e. The second-order valence-electron chi connectivity index (χ2n) is 6.54. The van der Waals surface area contributed by atoms with E-state index in [1.807, 2.05) is 49.6 Å². The van der Waals surface area contributed by atoms with Crippen LogP contribution in [0.4, 0.5) is 10.5 Å². The fourth-order valence-corrected chi connectivity index (χ4v) is 2.56. The number of nitrogens with one attached hydrogen (secondary N) is 2. The highest BCUT2D eigenvalue weighted by Crippen LogP contribution is 2.17. The van der Waals surface area contributed by atoms with E-state index in [4.69, 9.17) is 0 Å². The number of urea groups is 1. The molecule has 2 N–H and O–H groups in total. The van der Waals surface area contributed by atoms with Gasteiger partial charge in [0.2, 0.25) is 0 Å². The van der Waals surface area contributed by atoms with Crippen LogP contribution in [0.25, 0.3) is 11.3 Å². The summed E-state index contributed by atoms with van der Waals surface area (Å²) in [7, 11) is 1.87. The van der Waals surface area contributed by atoms with E-state index in [0.29, 0.717) is 12.5 Å². The lowest BCUT2D eigenvalue weighted by Crippen LogP contribution is -2.28. The molecular weight excluding hydrogens is 326 g/mol. The fourth-order valence-electron chi connectivity index (χ4n) is 2.56. The van der Waals surface area contributed by atoms with Crippen molar-refractivity contribution >= 4 is 11.7 Å². The monoisotopic (exact) mass is 349 g/mol. The summed E-state index contributed by atoms with van der Waals surface area (Å²) in [6.45, 7) is 4.70.